The standard InChI is InChI=1S/C13H19ClN2/c1-3-4-7-16-13(9-15)11-6-5-10(2)12(14)8-11/h3,5-6,8,13,16H,1,4,7,9,15H2,2H3. The fourth-order valence-corrected chi connectivity index (χ4v) is 1.71. The maximum Gasteiger partial charge on any atom is 0.0445 e. The molecule has 3 N–H and O–H groups in total. The van der Waals surface area contributed by atoms with Crippen LogP contribution in [0.25, 0.3) is 0 Å². The number of hydrogen-bond donors (Lipinski definition) is 2. The summed E-state index contributed by atoms with van der Waals surface area (Å²) in [5.74, 6) is 0. The van der Waals surface area contributed by atoms with Gasteiger partial charge in [-0.2, -0.15) is 0 Å². The minimum absolute atomic E-state index is 0.165. The number of aryl methyl sites for hydroxylation is 1. The van der Waals surface area contributed by atoms with Crippen molar-refractivity contribution in [1.82, 2.24) is 5.32 Å². The van der Waals surface area contributed by atoms with Gasteiger partial charge in [0.25, 0.3) is 0 Å². The lowest BCUT2D eigenvalue weighted by molar-refractivity contribution is 0.548. The van der Waals surface area contributed by atoms with Gasteiger partial charge in [-0.25, -0.2) is 0 Å². The van der Waals surface area contributed by atoms with Gasteiger partial charge in [0.2, 0.25) is 0 Å². The lowest BCUT2D eigenvalue weighted by Gasteiger charge is -2.17. The van der Waals surface area contributed by atoms with E-state index in [9.17, 15) is 0 Å². The van der Waals surface area contributed by atoms with Crippen molar-refractivity contribution in [2.45, 2.75) is 19.4 Å². The fraction of sp³-hybridized carbons (Fsp3) is 0.385. The van der Waals surface area contributed by atoms with Crippen LogP contribution in [0, 0.1) is 6.92 Å². The van der Waals surface area contributed by atoms with Gasteiger partial charge in [0, 0.05) is 17.6 Å². The highest BCUT2D eigenvalue weighted by atomic mass is 35.5. The molecule has 1 unspecified atom stereocenters. The van der Waals surface area contributed by atoms with Gasteiger partial charge in [0.05, 0.1) is 0 Å². The molecule has 3 heteroatoms. The molecule has 0 saturated heterocycles. The van der Waals surface area contributed by atoms with Crippen molar-refractivity contribution in [3.8, 4) is 0 Å². The van der Waals surface area contributed by atoms with Crippen LogP contribution in [0.1, 0.15) is 23.6 Å². The van der Waals surface area contributed by atoms with Crippen molar-refractivity contribution in [2.75, 3.05) is 13.1 Å². The molecule has 0 spiro atoms. The maximum absolute atomic E-state index is 6.09. The van der Waals surface area contributed by atoms with Gasteiger partial charge in [-0.1, -0.05) is 29.8 Å². The minimum atomic E-state index is 0.165. The van der Waals surface area contributed by atoms with Gasteiger partial charge in [-0.3, -0.25) is 0 Å². The predicted octanol–water partition coefficient (Wildman–Crippen LogP) is 2.81. The zero-order chi connectivity index (χ0) is 12.0. The minimum Gasteiger partial charge on any atom is -0.329 e. The summed E-state index contributed by atoms with van der Waals surface area (Å²) >= 11 is 6.09. The van der Waals surface area contributed by atoms with Crippen molar-refractivity contribution >= 4 is 11.6 Å². The third-order valence-electron chi connectivity index (χ3n) is 2.57. The molecule has 0 aliphatic carbocycles. The van der Waals surface area contributed by atoms with Gasteiger partial charge < -0.3 is 11.1 Å². The normalized spacial score (nSPS) is 12.4. The Morgan fingerprint density at radius 3 is 2.88 bits per heavy atom. The second-order valence-electron chi connectivity index (χ2n) is 3.83. The van der Waals surface area contributed by atoms with Crippen LogP contribution < -0.4 is 11.1 Å². The Balaban J connectivity index is 2.70. The molecule has 0 amide bonds. The van der Waals surface area contributed by atoms with Crippen LogP contribution >= 0.6 is 11.6 Å². The number of nitrogens with two attached hydrogens (primary N) is 1. The Hall–Kier alpha value is -0.830. The van der Waals surface area contributed by atoms with Crippen LogP contribution in [0.15, 0.2) is 30.9 Å². The van der Waals surface area contributed by atoms with E-state index >= 15 is 0 Å². The monoisotopic (exact) mass is 238 g/mol. The largest absolute Gasteiger partial charge is 0.329 e. The fourth-order valence-electron chi connectivity index (χ4n) is 1.52. The summed E-state index contributed by atoms with van der Waals surface area (Å²) in [5, 5.41) is 4.17. The van der Waals surface area contributed by atoms with Gasteiger partial charge in [-0.05, 0) is 37.1 Å². The van der Waals surface area contributed by atoms with E-state index in [0.717, 1.165) is 29.1 Å². The van der Waals surface area contributed by atoms with Crippen molar-refractivity contribution in [1.29, 1.82) is 0 Å². The van der Waals surface area contributed by atoms with Crippen LogP contribution in [-0.4, -0.2) is 13.1 Å². The lowest BCUT2D eigenvalue weighted by Crippen LogP contribution is -2.28. The predicted molar refractivity (Wildman–Crippen MR) is 70.8 cm³/mol. The summed E-state index contributed by atoms with van der Waals surface area (Å²) in [7, 11) is 0. The molecular weight excluding hydrogens is 220 g/mol. The van der Waals surface area contributed by atoms with Gasteiger partial charge in [0.15, 0.2) is 0 Å². The quantitative estimate of drug-likeness (QED) is 0.591. The Labute approximate surface area is 102 Å². The van der Waals surface area contributed by atoms with E-state index in [1.807, 2.05) is 25.1 Å². The third kappa shape index (κ3) is 3.63. The summed E-state index contributed by atoms with van der Waals surface area (Å²) in [6.45, 7) is 7.14. The number of nitrogens with one attached hydrogen (secondary N) is 1. The smallest absolute Gasteiger partial charge is 0.0445 e. The van der Waals surface area contributed by atoms with Crippen LogP contribution in [0.4, 0.5) is 0 Å². The van der Waals surface area contributed by atoms with E-state index in [-0.39, 0.29) is 6.04 Å². The van der Waals surface area contributed by atoms with E-state index in [4.69, 9.17) is 17.3 Å². The zero-order valence-corrected chi connectivity index (χ0v) is 10.4. The number of hydrogen-bond acceptors (Lipinski definition) is 2. The highest BCUT2D eigenvalue weighted by Gasteiger charge is 2.09. The first-order valence-electron chi connectivity index (χ1n) is 5.49. The number of rotatable bonds is 6. The van der Waals surface area contributed by atoms with E-state index in [0.29, 0.717) is 6.54 Å². The first-order valence-corrected chi connectivity index (χ1v) is 5.87. The Morgan fingerprint density at radius 2 is 2.31 bits per heavy atom. The molecule has 0 radical (unpaired) electrons. The summed E-state index contributed by atoms with van der Waals surface area (Å²) in [6, 6.07) is 6.24. The van der Waals surface area contributed by atoms with Crippen molar-refractivity contribution in [3.05, 3.63) is 47.0 Å². The first kappa shape index (κ1) is 13.2. The van der Waals surface area contributed by atoms with Crippen LogP contribution in [0.5, 0.6) is 0 Å². The summed E-state index contributed by atoms with van der Waals surface area (Å²) < 4.78 is 0. The molecular formula is C13H19ClN2. The van der Waals surface area contributed by atoms with Crippen LogP contribution in [-0.2, 0) is 0 Å². The van der Waals surface area contributed by atoms with E-state index in [2.05, 4.69) is 18.0 Å². The highest BCUT2D eigenvalue weighted by molar-refractivity contribution is 6.31. The van der Waals surface area contributed by atoms with Crippen molar-refractivity contribution in [3.63, 3.8) is 0 Å². The van der Waals surface area contributed by atoms with E-state index in [1.165, 1.54) is 0 Å². The molecule has 0 fully saturated rings. The Morgan fingerprint density at radius 1 is 1.56 bits per heavy atom. The molecule has 0 heterocycles. The summed E-state index contributed by atoms with van der Waals surface area (Å²) in [5.41, 5.74) is 7.97. The molecule has 1 rings (SSSR count). The molecule has 1 aromatic rings. The molecule has 88 valence electrons. The SMILES string of the molecule is C=CCCNC(CN)c1ccc(C)c(Cl)c1. The van der Waals surface area contributed by atoms with Gasteiger partial charge >= 0.3 is 0 Å². The Bertz CT molecular complexity index is 350. The molecule has 0 aliphatic heterocycles. The summed E-state index contributed by atoms with van der Waals surface area (Å²) in [4.78, 5) is 0. The topological polar surface area (TPSA) is 38.0 Å². The zero-order valence-electron chi connectivity index (χ0n) is 9.67. The molecule has 1 aromatic carbocycles. The van der Waals surface area contributed by atoms with Crippen LogP contribution in [0.3, 0.4) is 0 Å². The molecule has 2 nitrogen and oxygen atoms in total. The van der Waals surface area contributed by atoms with E-state index in [1.54, 1.807) is 0 Å². The first-order chi connectivity index (χ1) is 7.69. The molecule has 1 atom stereocenters. The molecule has 0 aromatic heterocycles. The molecule has 0 aliphatic rings. The van der Waals surface area contributed by atoms with Gasteiger partial charge in [0.1, 0.15) is 0 Å². The summed E-state index contributed by atoms with van der Waals surface area (Å²) in [6.07, 6.45) is 2.83. The molecule has 16 heavy (non-hydrogen) atoms. The second kappa shape index (κ2) is 6.69. The molecule has 0 bridgehead atoms. The van der Waals surface area contributed by atoms with Gasteiger partial charge in [-0.15, -0.1) is 6.58 Å². The number of halogens is 1. The van der Waals surface area contributed by atoms with E-state index < -0.39 is 0 Å². The third-order valence-corrected chi connectivity index (χ3v) is 2.98. The lowest BCUT2D eigenvalue weighted by atomic mass is 10.1. The Kier molecular flexibility index (Phi) is 5.53. The highest BCUT2D eigenvalue weighted by Crippen LogP contribution is 2.20. The maximum atomic E-state index is 6.09. The van der Waals surface area contributed by atoms with Crippen LogP contribution in [0.2, 0.25) is 5.02 Å². The average Bonchev–Trinajstić information content (AvgIpc) is 2.29. The second-order valence-corrected chi connectivity index (χ2v) is 4.24. The average molecular weight is 239 g/mol. The molecule has 0 saturated carbocycles. The number of benzene rings is 1. The van der Waals surface area contributed by atoms with Crippen molar-refractivity contribution < 1.29 is 0 Å². The van der Waals surface area contributed by atoms with Crippen molar-refractivity contribution in [2.24, 2.45) is 5.73 Å².